The summed E-state index contributed by atoms with van der Waals surface area (Å²) in [5, 5.41) is 0. The summed E-state index contributed by atoms with van der Waals surface area (Å²) in [6, 6.07) is 8.55. The molecule has 31 heavy (non-hydrogen) atoms. The minimum Gasteiger partial charge on any atom is -0.342 e. The number of para-hydroxylation sites is 2. The molecule has 7 nitrogen and oxygen atoms in total. The van der Waals surface area contributed by atoms with Gasteiger partial charge < -0.3 is 9.47 Å². The average Bonchev–Trinajstić information content (AvgIpc) is 3.19. The normalized spacial score (nSPS) is 21.8. The second kappa shape index (κ2) is 8.90. The van der Waals surface area contributed by atoms with Crippen LogP contribution in [-0.2, 0) is 14.8 Å². The van der Waals surface area contributed by atoms with Gasteiger partial charge in [0, 0.05) is 44.1 Å². The Morgan fingerprint density at radius 2 is 1.84 bits per heavy atom. The van der Waals surface area contributed by atoms with Crippen LogP contribution in [0.3, 0.4) is 0 Å². The smallest absolute Gasteiger partial charge is 0.225 e. The van der Waals surface area contributed by atoms with Gasteiger partial charge in [-0.2, -0.15) is 0 Å². The average molecular weight is 447 g/mol. The molecule has 2 aliphatic heterocycles. The van der Waals surface area contributed by atoms with Gasteiger partial charge in [-0.3, -0.25) is 4.79 Å². The molecule has 0 aliphatic carbocycles. The minimum atomic E-state index is -3.17. The number of piperidine rings is 2. The third-order valence-corrected chi connectivity index (χ3v) is 8.68. The number of fused-ring (bicyclic) bond motifs is 1. The third kappa shape index (κ3) is 4.37. The predicted molar refractivity (Wildman–Crippen MR) is 122 cm³/mol. The highest BCUT2D eigenvalue weighted by molar-refractivity contribution is 7.89. The van der Waals surface area contributed by atoms with Crippen LogP contribution >= 0.6 is 0 Å². The van der Waals surface area contributed by atoms with E-state index in [1.54, 1.807) is 11.2 Å². The van der Waals surface area contributed by atoms with Crippen molar-refractivity contribution in [2.24, 2.45) is 5.92 Å². The summed E-state index contributed by atoms with van der Waals surface area (Å²) in [5.74, 6) is 1.54. The van der Waals surface area contributed by atoms with Crippen molar-refractivity contribution in [2.45, 2.75) is 58.4 Å². The van der Waals surface area contributed by atoms with E-state index in [9.17, 15) is 13.2 Å². The van der Waals surface area contributed by atoms with Crippen molar-refractivity contribution < 1.29 is 13.2 Å². The summed E-state index contributed by atoms with van der Waals surface area (Å²) >= 11 is 0. The lowest BCUT2D eigenvalue weighted by molar-refractivity contribution is -0.138. The molecule has 2 aliphatic rings. The van der Waals surface area contributed by atoms with Gasteiger partial charge in [0.1, 0.15) is 5.82 Å². The summed E-state index contributed by atoms with van der Waals surface area (Å²) in [6.45, 7) is 8.42. The van der Waals surface area contributed by atoms with Gasteiger partial charge in [0.25, 0.3) is 0 Å². The lowest BCUT2D eigenvalue weighted by Gasteiger charge is -2.37. The zero-order valence-electron chi connectivity index (χ0n) is 18.8. The molecule has 1 aromatic heterocycles. The molecule has 3 heterocycles. The molecule has 1 aromatic carbocycles. The van der Waals surface area contributed by atoms with Gasteiger partial charge in [-0.15, -0.1) is 0 Å². The number of carbonyl (C=O) groups excluding carboxylic acids is 1. The summed E-state index contributed by atoms with van der Waals surface area (Å²) in [4.78, 5) is 20.2. The molecule has 0 saturated carbocycles. The van der Waals surface area contributed by atoms with E-state index in [2.05, 4.69) is 36.6 Å². The minimum absolute atomic E-state index is 0.0778. The first-order chi connectivity index (χ1) is 14.8. The van der Waals surface area contributed by atoms with Crippen molar-refractivity contribution >= 4 is 27.0 Å². The first-order valence-corrected chi connectivity index (χ1v) is 13.2. The number of likely N-dealkylation sites (tertiary alicyclic amines) is 1. The number of carbonyl (C=O) groups is 1. The van der Waals surface area contributed by atoms with E-state index in [0.717, 1.165) is 36.2 Å². The van der Waals surface area contributed by atoms with E-state index in [4.69, 9.17) is 4.98 Å². The topological polar surface area (TPSA) is 75.5 Å². The fraction of sp³-hybridized carbons (Fsp3) is 0.652. The first kappa shape index (κ1) is 22.3. The Kier molecular flexibility index (Phi) is 6.40. The molecular weight excluding hydrogens is 412 g/mol. The maximum Gasteiger partial charge on any atom is 0.225 e. The number of hydrogen-bond donors (Lipinski definition) is 0. The number of aromatic nitrogens is 2. The highest BCUT2D eigenvalue weighted by atomic mass is 32.2. The quantitative estimate of drug-likeness (QED) is 0.706. The largest absolute Gasteiger partial charge is 0.342 e. The number of nitrogens with zero attached hydrogens (tertiary/aromatic N) is 4. The van der Waals surface area contributed by atoms with Crippen molar-refractivity contribution in [3.8, 4) is 0 Å². The Morgan fingerprint density at radius 1 is 1.13 bits per heavy atom. The van der Waals surface area contributed by atoms with Gasteiger partial charge in [0.2, 0.25) is 15.9 Å². The van der Waals surface area contributed by atoms with E-state index in [-0.39, 0.29) is 23.5 Å². The second-order valence-corrected chi connectivity index (χ2v) is 11.4. The number of rotatable bonds is 5. The summed E-state index contributed by atoms with van der Waals surface area (Å²) in [7, 11) is -3.17. The van der Waals surface area contributed by atoms with E-state index in [1.807, 2.05) is 11.0 Å². The van der Waals surface area contributed by atoms with Crippen LogP contribution in [0.15, 0.2) is 24.3 Å². The number of hydrogen-bond acceptors (Lipinski definition) is 4. The molecule has 1 unspecified atom stereocenters. The van der Waals surface area contributed by atoms with Crippen LogP contribution < -0.4 is 0 Å². The van der Waals surface area contributed by atoms with Crippen molar-refractivity contribution in [1.29, 1.82) is 0 Å². The van der Waals surface area contributed by atoms with Gasteiger partial charge in [0.05, 0.1) is 16.8 Å². The van der Waals surface area contributed by atoms with Gasteiger partial charge in [0.15, 0.2) is 0 Å². The molecule has 0 radical (unpaired) electrons. The van der Waals surface area contributed by atoms with Gasteiger partial charge in [-0.25, -0.2) is 17.7 Å². The molecule has 0 bridgehead atoms. The summed E-state index contributed by atoms with van der Waals surface area (Å²) < 4.78 is 28.1. The predicted octanol–water partition coefficient (Wildman–Crippen LogP) is 3.38. The van der Waals surface area contributed by atoms with Crippen LogP contribution in [0.5, 0.6) is 0 Å². The molecule has 1 amide bonds. The van der Waals surface area contributed by atoms with Crippen LogP contribution in [0.25, 0.3) is 11.0 Å². The Hall–Kier alpha value is -1.93. The highest BCUT2D eigenvalue weighted by Gasteiger charge is 2.35. The highest BCUT2D eigenvalue weighted by Crippen LogP contribution is 2.33. The fourth-order valence-electron chi connectivity index (χ4n) is 5.10. The SMILES string of the molecule is CCS(=O)(=O)N1CCC(C(=O)N2CCCC(c3nc4ccccc4n3C(C)C)C2)CC1. The zero-order chi connectivity index (χ0) is 22.2. The molecule has 0 N–H and O–H groups in total. The Labute approximate surface area is 185 Å². The maximum atomic E-state index is 13.3. The Bertz CT molecular complexity index is 1040. The molecule has 4 rings (SSSR count). The fourth-order valence-corrected chi connectivity index (χ4v) is 6.24. The van der Waals surface area contributed by atoms with Crippen molar-refractivity contribution in [1.82, 2.24) is 18.8 Å². The third-order valence-electron chi connectivity index (χ3n) is 6.80. The van der Waals surface area contributed by atoms with Crippen LogP contribution in [-0.4, -0.2) is 65.0 Å². The molecule has 170 valence electrons. The molecule has 8 heteroatoms. The Balaban J connectivity index is 1.48. The zero-order valence-corrected chi connectivity index (χ0v) is 19.6. The lowest BCUT2D eigenvalue weighted by Crippen LogP contribution is -2.47. The van der Waals surface area contributed by atoms with Crippen LogP contribution in [0.2, 0.25) is 0 Å². The van der Waals surface area contributed by atoms with Gasteiger partial charge >= 0.3 is 0 Å². The standard InChI is InChI=1S/C23H34N4O3S/c1-4-31(29,30)26-14-11-18(12-15-26)23(28)25-13-7-8-19(16-25)22-24-20-9-5-6-10-21(20)27(22)17(2)3/h5-6,9-10,17-19H,4,7-8,11-16H2,1-3H3. The first-order valence-electron chi connectivity index (χ1n) is 11.5. The molecular formula is C23H34N4O3S. The van der Waals surface area contributed by atoms with Crippen molar-refractivity contribution in [3.63, 3.8) is 0 Å². The van der Waals surface area contributed by atoms with Crippen molar-refractivity contribution in [3.05, 3.63) is 30.1 Å². The van der Waals surface area contributed by atoms with E-state index >= 15 is 0 Å². The Morgan fingerprint density at radius 3 is 2.52 bits per heavy atom. The molecule has 2 saturated heterocycles. The summed E-state index contributed by atoms with van der Waals surface area (Å²) in [6.07, 6.45) is 3.24. The molecule has 1 atom stereocenters. The lowest BCUT2D eigenvalue weighted by atomic mass is 9.92. The van der Waals surface area contributed by atoms with E-state index < -0.39 is 10.0 Å². The summed E-state index contributed by atoms with van der Waals surface area (Å²) in [5.41, 5.74) is 2.17. The second-order valence-electron chi connectivity index (χ2n) is 9.12. The van der Waals surface area contributed by atoms with E-state index in [1.165, 1.54) is 0 Å². The molecule has 0 spiro atoms. The van der Waals surface area contributed by atoms with Gasteiger partial charge in [-0.05, 0) is 58.6 Å². The monoisotopic (exact) mass is 446 g/mol. The number of amides is 1. The van der Waals surface area contributed by atoms with E-state index in [0.29, 0.717) is 38.5 Å². The molecule has 2 aromatic rings. The number of imidazole rings is 1. The van der Waals surface area contributed by atoms with Crippen LogP contribution in [0.4, 0.5) is 0 Å². The maximum absolute atomic E-state index is 13.3. The molecule has 2 fully saturated rings. The van der Waals surface area contributed by atoms with Gasteiger partial charge in [-0.1, -0.05) is 12.1 Å². The van der Waals surface area contributed by atoms with Crippen LogP contribution in [0, 0.1) is 5.92 Å². The van der Waals surface area contributed by atoms with Crippen molar-refractivity contribution in [2.75, 3.05) is 31.9 Å². The number of benzene rings is 1. The van der Waals surface area contributed by atoms with Crippen LogP contribution in [0.1, 0.15) is 64.2 Å². The number of sulfonamides is 1.